The van der Waals surface area contributed by atoms with E-state index >= 15 is 0 Å². The first kappa shape index (κ1) is 23.4. The lowest BCUT2D eigenvalue weighted by atomic mass is 9.93. The smallest absolute Gasteiger partial charge is 0.299 e. The van der Waals surface area contributed by atoms with Crippen LogP contribution in [0, 0.1) is 10.1 Å². The second-order valence-electron chi connectivity index (χ2n) is 7.51. The zero-order chi connectivity index (χ0) is 24.1. The molecule has 0 spiro atoms. The highest BCUT2D eigenvalue weighted by atomic mass is 35.5. The zero-order valence-corrected chi connectivity index (χ0v) is 18.7. The first-order valence-electron chi connectivity index (χ1n) is 10.4. The van der Waals surface area contributed by atoms with E-state index in [1.807, 2.05) is 24.3 Å². The van der Waals surface area contributed by atoms with Gasteiger partial charge in [-0.25, -0.2) is 0 Å². The van der Waals surface area contributed by atoms with Crippen molar-refractivity contribution in [2.75, 3.05) is 13.2 Å². The molecule has 3 aromatic carbocycles. The predicted octanol–water partition coefficient (Wildman–Crippen LogP) is 4.33. The number of nitrogens with zero attached hydrogens (tertiary/aromatic N) is 2. The van der Waals surface area contributed by atoms with Gasteiger partial charge in [0.2, 0.25) is 0 Å². The van der Waals surface area contributed by atoms with Crippen LogP contribution in [0.2, 0.25) is 5.02 Å². The normalized spacial score (nSPS) is 17.2. The van der Waals surface area contributed by atoms with Crippen molar-refractivity contribution in [1.82, 2.24) is 4.90 Å². The monoisotopic (exact) mass is 480 g/mol. The molecule has 1 amide bonds. The minimum Gasteiger partial charge on any atom is -0.392 e. The van der Waals surface area contributed by atoms with E-state index in [0.29, 0.717) is 21.7 Å². The quantitative estimate of drug-likeness (QED) is 0.278. The van der Waals surface area contributed by atoms with E-state index in [0.717, 1.165) is 5.56 Å². The van der Waals surface area contributed by atoms with Crippen molar-refractivity contribution in [3.63, 3.8) is 0 Å². The molecule has 0 saturated carbocycles. The van der Waals surface area contributed by atoms with Gasteiger partial charge in [-0.3, -0.25) is 14.5 Å². The van der Waals surface area contributed by atoms with Gasteiger partial charge in [-0.05, 0) is 35.9 Å². The number of carbonyl (C=O) groups is 1. The number of ether oxygens (including phenoxy) is 1. The molecule has 34 heavy (non-hydrogen) atoms. The molecule has 9 heteroatoms. The molecule has 0 bridgehead atoms. The molecule has 8 nitrogen and oxygen atoms in total. The standard InChI is InChI=1S/C25H21ClN2O6/c26-20-11-9-19(10-12-20)25(33-16-4-3-15-29)23-6-2-1-5-22(23)24(30)27(25)17-18-7-13-21(14-8-18)34-28(31)32/h1-14,29H,15-17H2. The lowest BCUT2D eigenvalue weighted by molar-refractivity contribution is -0.711. The molecular weight excluding hydrogens is 460 g/mol. The van der Waals surface area contributed by atoms with Gasteiger partial charge in [-0.2, -0.15) is 0 Å². The summed E-state index contributed by atoms with van der Waals surface area (Å²) in [7, 11) is 0. The highest BCUT2D eigenvalue weighted by molar-refractivity contribution is 6.30. The number of carbonyl (C=O) groups excluding carboxylic acids is 1. The van der Waals surface area contributed by atoms with Crippen molar-refractivity contribution in [2.45, 2.75) is 12.3 Å². The van der Waals surface area contributed by atoms with Gasteiger partial charge in [0.1, 0.15) is 5.75 Å². The van der Waals surface area contributed by atoms with Crippen LogP contribution in [0.25, 0.3) is 0 Å². The van der Waals surface area contributed by atoms with E-state index in [-0.39, 0.29) is 31.4 Å². The van der Waals surface area contributed by atoms with Crippen LogP contribution in [0.5, 0.6) is 5.75 Å². The van der Waals surface area contributed by atoms with Gasteiger partial charge in [0.25, 0.3) is 11.0 Å². The van der Waals surface area contributed by atoms with Gasteiger partial charge in [0.05, 0.1) is 13.2 Å². The Hall–Kier alpha value is -3.72. The SMILES string of the molecule is O=C1c2ccccc2C(OCC=CCO)(c2ccc(Cl)cc2)N1Cc1ccc(O[N+](=O)[O-])cc1. The molecule has 1 aliphatic heterocycles. The van der Waals surface area contributed by atoms with Crippen LogP contribution in [-0.4, -0.2) is 34.2 Å². The van der Waals surface area contributed by atoms with E-state index < -0.39 is 10.8 Å². The summed E-state index contributed by atoms with van der Waals surface area (Å²) in [5.41, 5.74) is 1.38. The van der Waals surface area contributed by atoms with Gasteiger partial charge in [-0.1, -0.05) is 66.2 Å². The van der Waals surface area contributed by atoms with E-state index in [9.17, 15) is 14.9 Å². The molecule has 4 rings (SSSR count). The van der Waals surface area contributed by atoms with Crippen molar-refractivity contribution >= 4 is 17.5 Å². The molecule has 3 aromatic rings. The van der Waals surface area contributed by atoms with Crippen LogP contribution in [0.1, 0.15) is 27.0 Å². The molecule has 0 aromatic heterocycles. The van der Waals surface area contributed by atoms with Crippen LogP contribution in [0.15, 0.2) is 84.9 Å². The summed E-state index contributed by atoms with van der Waals surface area (Å²) in [5.74, 6) is -0.138. The Balaban J connectivity index is 1.80. The summed E-state index contributed by atoms with van der Waals surface area (Å²) in [5, 5.41) is 19.4. The number of rotatable bonds is 9. The van der Waals surface area contributed by atoms with Crippen molar-refractivity contribution in [3.05, 3.63) is 122 Å². The molecule has 0 radical (unpaired) electrons. The Kier molecular flexibility index (Phi) is 6.93. The molecule has 174 valence electrons. The summed E-state index contributed by atoms with van der Waals surface area (Å²) in [4.78, 5) is 30.3. The largest absolute Gasteiger partial charge is 0.392 e. The Morgan fingerprint density at radius 2 is 1.74 bits per heavy atom. The van der Waals surface area contributed by atoms with Crippen LogP contribution in [-0.2, 0) is 17.0 Å². The van der Waals surface area contributed by atoms with Crippen molar-refractivity contribution in [3.8, 4) is 5.75 Å². The number of benzene rings is 3. The van der Waals surface area contributed by atoms with E-state index in [2.05, 4.69) is 4.84 Å². The van der Waals surface area contributed by atoms with Crippen molar-refractivity contribution in [2.24, 2.45) is 0 Å². The highest BCUT2D eigenvalue weighted by Gasteiger charge is 2.52. The molecule has 1 heterocycles. The Labute approximate surface area is 200 Å². The third-order valence-corrected chi connectivity index (χ3v) is 5.74. The first-order valence-corrected chi connectivity index (χ1v) is 10.8. The molecule has 0 aliphatic carbocycles. The van der Waals surface area contributed by atoms with Gasteiger partial charge in [0, 0.05) is 28.3 Å². The predicted molar refractivity (Wildman–Crippen MR) is 125 cm³/mol. The van der Waals surface area contributed by atoms with E-state index in [4.69, 9.17) is 21.4 Å². The van der Waals surface area contributed by atoms with E-state index in [1.165, 1.54) is 12.1 Å². The van der Waals surface area contributed by atoms with Gasteiger partial charge in [-0.15, -0.1) is 10.1 Å². The average molecular weight is 481 g/mol. The third kappa shape index (κ3) is 4.51. The van der Waals surface area contributed by atoms with E-state index in [1.54, 1.807) is 53.5 Å². The van der Waals surface area contributed by atoms with Gasteiger partial charge >= 0.3 is 0 Å². The van der Waals surface area contributed by atoms with Crippen molar-refractivity contribution < 1.29 is 24.6 Å². The zero-order valence-electron chi connectivity index (χ0n) is 18.0. The maximum Gasteiger partial charge on any atom is 0.299 e. The molecule has 1 atom stereocenters. The van der Waals surface area contributed by atoms with Crippen molar-refractivity contribution in [1.29, 1.82) is 0 Å². The summed E-state index contributed by atoms with van der Waals surface area (Å²) in [6, 6.07) is 20.6. The number of fused-ring (bicyclic) bond motifs is 1. The number of aliphatic hydroxyl groups excluding tert-OH is 1. The molecule has 1 N–H and O–H groups in total. The second kappa shape index (κ2) is 10.0. The molecule has 0 saturated heterocycles. The van der Waals surface area contributed by atoms with Gasteiger partial charge in [0.15, 0.2) is 5.72 Å². The topological polar surface area (TPSA) is 102 Å². The highest BCUT2D eigenvalue weighted by Crippen LogP contribution is 2.46. The van der Waals surface area contributed by atoms with Crippen LogP contribution < -0.4 is 4.84 Å². The Morgan fingerprint density at radius 3 is 2.41 bits per heavy atom. The maximum atomic E-state index is 13.6. The number of aliphatic hydroxyl groups is 1. The maximum absolute atomic E-state index is 13.6. The first-order chi connectivity index (χ1) is 16.5. The fourth-order valence-corrected chi connectivity index (χ4v) is 4.17. The number of hydrogen-bond donors (Lipinski definition) is 1. The van der Waals surface area contributed by atoms with Crippen LogP contribution >= 0.6 is 11.6 Å². The molecule has 1 aliphatic rings. The summed E-state index contributed by atoms with van der Waals surface area (Å²) >= 11 is 6.14. The molecule has 0 fully saturated rings. The van der Waals surface area contributed by atoms with Crippen LogP contribution in [0.3, 0.4) is 0 Å². The Bertz CT molecular complexity index is 1210. The lowest BCUT2D eigenvalue weighted by Crippen LogP contribution is -2.46. The Morgan fingerprint density at radius 1 is 1.03 bits per heavy atom. The molecular formula is C25H21ClN2O6. The van der Waals surface area contributed by atoms with Gasteiger partial charge < -0.3 is 9.84 Å². The molecule has 1 unspecified atom stereocenters. The summed E-state index contributed by atoms with van der Waals surface area (Å²) < 4.78 is 6.43. The average Bonchev–Trinajstić information content (AvgIpc) is 3.07. The fourth-order valence-electron chi connectivity index (χ4n) is 4.04. The minimum absolute atomic E-state index is 0.0825. The third-order valence-electron chi connectivity index (χ3n) is 5.49. The lowest BCUT2D eigenvalue weighted by Gasteiger charge is -2.39. The summed E-state index contributed by atoms with van der Waals surface area (Å²) in [6.45, 7) is 0.171. The minimum atomic E-state index is -1.26. The second-order valence-corrected chi connectivity index (χ2v) is 7.95. The summed E-state index contributed by atoms with van der Waals surface area (Å²) in [6.07, 6.45) is 3.25. The fraction of sp³-hybridized carbons (Fsp3) is 0.160. The number of halogens is 1. The number of hydrogen-bond acceptors (Lipinski definition) is 6. The van der Waals surface area contributed by atoms with Crippen LogP contribution in [0.4, 0.5) is 0 Å². The number of amides is 1.